The Balaban J connectivity index is 2.17. The van der Waals surface area contributed by atoms with E-state index in [-0.39, 0.29) is 11.4 Å². The molecule has 0 atom stereocenters. The van der Waals surface area contributed by atoms with Gasteiger partial charge in [0.05, 0.1) is 0 Å². The topological polar surface area (TPSA) is 29.1 Å². The Morgan fingerprint density at radius 1 is 1.44 bits per heavy atom. The van der Waals surface area contributed by atoms with E-state index in [9.17, 15) is 4.79 Å². The van der Waals surface area contributed by atoms with E-state index in [2.05, 4.69) is 28.2 Å². The molecular weight excluding hydrogens is 266 g/mol. The summed E-state index contributed by atoms with van der Waals surface area (Å²) < 4.78 is 0.946. The summed E-state index contributed by atoms with van der Waals surface area (Å²) in [6, 6.07) is 5.80. The van der Waals surface area contributed by atoms with Gasteiger partial charge in [-0.1, -0.05) is 22.0 Å². The lowest BCUT2D eigenvalue weighted by Crippen LogP contribution is -2.51. The molecule has 0 unspecified atom stereocenters. The number of carbonyl (C=O) groups is 1. The maximum absolute atomic E-state index is 12.1. The molecule has 1 aromatic rings. The standard InChI is InChI=1S/C13H16BrNO/c1-9-4-5-10(14)8-11(9)12(16)15-13(2)6-3-7-13/h4-5,8H,3,6-7H2,1-2H3,(H,15,16). The monoisotopic (exact) mass is 281 g/mol. The fraction of sp³-hybridized carbons (Fsp3) is 0.462. The first-order valence-corrected chi connectivity index (χ1v) is 6.38. The number of carbonyl (C=O) groups excluding carboxylic acids is 1. The molecule has 2 rings (SSSR count). The van der Waals surface area contributed by atoms with E-state index in [1.54, 1.807) is 0 Å². The van der Waals surface area contributed by atoms with Crippen LogP contribution in [0.1, 0.15) is 42.1 Å². The van der Waals surface area contributed by atoms with Gasteiger partial charge in [0.15, 0.2) is 0 Å². The Hall–Kier alpha value is -0.830. The molecule has 0 aliphatic heterocycles. The van der Waals surface area contributed by atoms with Gasteiger partial charge in [-0.25, -0.2) is 0 Å². The maximum atomic E-state index is 12.1. The molecule has 3 heteroatoms. The first-order chi connectivity index (χ1) is 7.50. The number of halogens is 1. The molecule has 1 amide bonds. The van der Waals surface area contributed by atoms with Crippen molar-refractivity contribution in [3.05, 3.63) is 33.8 Å². The normalized spacial score (nSPS) is 17.7. The van der Waals surface area contributed by atoms with Crippen LogP contribution in [0, 0.1) is 6.92 Å². The predicted octanol–water partition coefficient (Wildman–Crippen LogP) is 3.43. The van der Waals surface area contributed by atoms with Gasteiger partial charge in [-0.05, 0) is 50.8 Å². The highest BCUT2D eigenvalue weighted by Gasteiger charge is 2.33. The molecule has 1 fully saturated rings. The molecule has 16 heavy (non-hydrogen) atoms. The van der Waals surface area contributed by atoms with Crippen LogP contribution >= 0.6 is 15.9 Å². The zero-order chi connectivity index (χ0) is 11.8. The van der Waals surface area contributed by atoms with Crippen molar-refractivity contribution in [2.24, 2.45) is 0 Å². The number of hydrogen-bond donors (Lipinski definition) is 1. The van der Waals surface area contributed by atoms with E-state index < -0.39 is 0 Å². The van der Waals surface area contributed by atoms with Crippen LogP contribution in [0.15, 0.2) is 22.7 Å². The molecular formula is C13H16BrNO. The molecule has 1 aromatic carbocycles. The van der Waals surface area contributed by atoms with E-state index >= 15 is 0 Å². The zero-order valence-corrected chi connectivity index (χ0v) is 11.2. The summed E-state index contributed by atoms with van der Waals surface area (Å²) in [6.45, 7) is 4.08. The van der Waals surface area contributed by atoms with Crippen molar-refractivity contribution in [1.29, 1.82) is 0 Å². The summed E-state index contributed by atoms with van der Waals surface area (Å²) in [4.78, 5) is 12.1. The number of rotatable bonds is 2. The van der Waals surface area contributed by atoms with Gasteiger partial charge in [-0.15, -0.1) is 0 Å². The van der Waals surface area contributed by atoms with Gasteiger partial charge in [0, 0.05) is 15.6 Å². The molecule has 1 aliphatic carbocycles. The fourth-order valence-electron chi connectivity index (χ4n) is 2.01. The first-order valence-electron chi connectivity index (χ1n) is 5.59. The highest BCUT2D eigenvalue weighted by molar-refractivity contribution is 9.10. The number of nitrogens with one attached hydrogen (secondary N) is 1. The van der Waals surface area contributed by atoms with Crippen molar-refractivity contribution in [3.8, 4) is 0 Å². The summed E-state index contributed by atoms with van der Waals surface area (Å²) in [5.74, 6) is 0.0426. The second-order valence-electron chi connectivity index (χ2n) is 4.83. The molecule has 0 aromatic heterocycles. The molecule has 2 nitrogen and oxygen atoms in total. The third-order valence-electron chi connectivity index (χ3n) is 3.32. The molecule has 1 saturated carbocycles. The molecule has 0 bridgehead atoms. The van der Waals surface area contributed by atoms with Crippen LogP contribution in [0.3, 0.4) is 0 Å². The summed E-state index contributed by atoms with van der Waals surface area (Å²) in [5, 5.41) is 3.12. The van der Waals surface area contributed by atoms with Crippen LogP contribution in [-0.4, -0.2) is 11.4 Å². The molecule has 0 heterocycles. The van der Waals surface area contributed by atoms with E-state index in [0.717, 1.165) is 28.4 Å². The van der Waals surface area contributed by atoms with Crippen LogP contribution in [0.4, 0.5) is 0 Å². The van der Waals surface area contributed by atoms with Gasteiger partial charge in [0.25, 0.3) is 5.91 Å². The molecule has 0 radical (unpaired) electrons. The Kier molecular flexibility index (Phi) is 3.06. The Bertz CT molecular complexity index is 424. The second kappa shape index (κ2) is 4.21. The van der Waals surface area contributed by atoms with E-state index in [1.165, 1.54) is 6.42 Å². The van der Waals surface area contributed by atoms with Crippen molar-refractivity contribution in [1.82, 2.24) is 5.32 Å². The van der Waals surface area contributed by atoms with Crippen LogP contribution in [0.5, 0.6) is 0 Å². The lowest BCUT2D eigenvalue weighted by Gasteiger charge is -2.39. The maximum Gasteiger partial charge on any atom is 0.252 e. The van der Waals surface area contributed by atoms with E-state index in [4.69, 9.17) is 0 Å². The lowest BCUT2D eigenvalue weighted by atomic mass is 9.78. The van der Waals surface area contributed by atoms with Gasteiger partial charge in [-0.3, -0.25) is 4.79 Å². The van der Waals surface area contributed by atoms with Crippen LogP contribution < -0.4 is 5.32 Å². The summed E-state index contributed by atoms with van der Waals surface area (Å²) in [5.41, 5.74) is 1.80. The lowest BCUT2D eigenvalue weighted by molar-refractivity contribution is 0.0850. The molecule has 1 N–H and O–H groups in total. The van der Waals surface area contributed by atoms with Crippen LogP contribution in [0.2, 0.25) is 0 Å². The van der Waals surface area contributed by atoms with Crippen LogP contribution in [0.25, 0.3) is 0 Å². The Labute approximate surface area is 105 Å². The van der Waals surface area contributed by atoms with Gasteiger partial charge >= 0.3 is 0 Å². The summed E-state index contributed by atoms with van der Waals surface area (Å²) in [6.07, 6.45) is 3.39. The highest BCUT2D eigenvalue weighted by Crippen LogP contribution is 2.31. The molecule has 0 spiro atoms. The van der Waals surface area contributed by atoms with E-state index in [1.807, 2.05) is 25.1 Å². The van der Waals surface area contributed by atoms with Crippen molar-refractivity contribution >= 4 is 21.8 Å². The second-order valence-corrected chi connectivity index (χ2v) is 5.74. The number of hydrogen-bond acceptors (Lipinski definition) is 1. The quantitative estimate of drug-likeness (QED) is 0.884. The molecule has 86 valence electrons. The predicted molar refractivity (Wildman–Crippen MR) is 68.6 cm³/mol. The molecule has 1 aliphatic rings. The third kappa shape index (κ3) is 2.29. The minimum atomic E-state index is 0.0197. The third-order valence-corrected chi connectivity index (χ3v) is 3.81. The summed E-state index contributed by atoms with van der Waals surface area (Å²) >= 11 is 3.40. The Morgan fingerprint density at radius 2 is 2.12 bits per heavy atom. The van der Waals surface area contributed by atoms with Gasteiger partial charge in [-0.2, -0.15) is 0 Å². The highest BCUT2D eigenvalue weighted by atomic mass is 79.9. The van der Waals surface area contributed by atoms with Gasteiger partial charge in [0.2, 0.25) is 0 Å². The summed E-state index contributed by atoms with van der Waals surface area (Å²) in [7, 11) is 0. The van der Waals surface area contributed by atoms with Gasteiger partial charge < -0.3 is 5.32 Å². The minimum absolute atomic E-state index is 0.0197. The van der Waals surface area contributed by atoms with E-state index in [0.29, 0.717) is 0 Å². The van der Waals surface area contributed by atoms with Gasteiger partial charge in [0.1, 0.15) is 0 Å². The fourth-order valence-corrected chi connectivity index (χ4v) is 2.37. The van der Waals surface area contributed by atoms with Crippen LogP contribution in [-0.2, 0) is 0 Å². The van der Waals surface area contributed by atoms with Crippen molar-refractivity contribution < 1.29 is 4.79 Å². The van der Waals surface area contributed by atoms with Crippen molar-refractivity contribution in [3.63, 3.8) is 0 Å². The zero-order valence-electron chi connectivity index (χ0n) is 9.64. The smallest absolute Gasteiger partial charge is 0.252 e. The molecule has 0 saturated heterocycles. The average molecular weight is 282 g/mol. The SMILES string of the molecule is Cc1ccc(Br)cc1C(=O)NC1(C)CCC1. The number of benzene rings is 1. The Morgan fingerprint density at radius 3 is 2.69 bits per heavy atom. The number of aryl methyl sites for hydroxylation is 1. The number of amides is 1. The van der Waals surface area contributed by atoms with Crippen molar-refractivity contribution in [2.75, 3.05) is 0 Å². The first kappa shape index (κ1) is 11.6. The largest absolute Gasteiger partial charge is 0.347 e. The minimum Gasteiger partial charge on any atom is -0.347 e. The average Bonchev–Trinajstić information content (AvgIpc) is 2.19. The van der Waals surface area contributed by atoms with Crippen molar-refractivity contribution in [2.45, 2.75) is 38.6 Å².